The number of carbonyl (C=O) groups excluding carboxylic acids is 1. The number of amides is 1. The van der Waals surface area contributed by atoms with Crippen LogP contribution in [-0.4, -0.2) is 25.9 Å². The van der Waals surface area contributed by atoms with Gasteiger partial charge in [-0.15, -0.1) is 11.3 Å². The fourth-order valence-corrected chi connectivity index (χ4v) is 5.31. The zero-order chi connectivity index (χ0) is 18.6. The van der Waals surface area contributed by atoms with Gasteiger partial charge in [0.2, 0.25) is 0 Å². The summed E-state index contributed by atoms with van der Waals surface area (Å²) >= 11 is 1.10. The number of rotatable bonds is 6. The number of nitrogens with zero attached hydrogens (tertiary/aromatic N) is 1. The van der Waals surface area contributed by atoms with Crippen molar-refractivity contribution in [2.24, 2.45) is 0 Å². The summed E-state index contributed by atoms with van der Waals surface area (Å²) in [5, 5.41) is 3.30. The van der Waals surface area contributed by atoms with Gasteiger partial charge in [0.1, 0.15) is 15.3 Å². The van der Waals surface area contributed by atoms with Crippen molar-refractivity contribution < 1.29 is 17.6 Å². The number of pyridine rings is 1. The minimum Gasteiger partial charge on any atom is -0.350 e. The molecule has 0 bridgehead atoms. The third-order valence-corrected chi connectivity index (χ3v) is 7.31. The average molecular weight is 390 g/mol. The van der Waals surface area contributed by atoms with Crippen LogP contribution in [-0.2, 0) is 9.84 Å². The number of sulfone groups is 1. The molecule has 1 N–H and O–H groups in total. The van der Waals surface area contributed by atoms with E-state index in [4.69, 9.17) is 0 Å². The second-order valence-electron chi connectivity index (χ2n) is 5.46. The van der Waals surface area contributed by atoms with Crippen LogP contribution >= 0.6 is 11.3 Å². The topological polar surface area (TPSA) is 76.1 Å². The maximum atomic E-state index is 13.2. The number of halogens is 1. The van der Waals surface area contributed by atoms with Crippen molar-refractivity contribution in [1.29, 1.82) is 0 Å². The molecule has 8 heteroatoms. The molecule has 3 rings (SSSR count). The lowest BCUT2D eigenvalue weighted by Gasteiger charge is -2.18. The summed E-state index contributed by atoms with van der Waals surface area (Å²) < 4.78 is 39.4. The molecular formula is C18H15FN2O3S2. The Labute approximate surface area is 154 Å². The van der Waals surface area contributed by atoms with Crippen molar-refractivity contribution in [1.82, 2.24) is 10.3 Å². The summed E-state index contributed by atoms with van der Waals surface area (Å²) in [7, 11) is -3.73. The van der Waals surface area contributed by atoms with Gasteiger partial charge in [0.25, 0.3) is 5.91 Å². The number of hydrogen-bond donors (Lipinski definition) is 1. The predicted molar refractivity (Wildman–Crippen MR) is 97.2 cm³/mol. The molecule has 1 aromatic carbocycles. The van der Waals surface area contributed by atoms with Crippen LogP contribution in [0.25, 0.3) is 0 Å². The lowest BCUT2D eigenvalue weighted by molar-refractivity contribution is 0.0953. The van der Waals surface area contributed by atoms with Crippen molar-refractivity contribution in [3.8, 4) is 0 Å². The Balaban J connectivity index is 1.89. The zero-order valence-electron chi connectivity index (χ0n) is 13.5. The van der Waals surface area contributed by atoms with E-state index in [-0.39, 0.29) is 10.8 Å². The summed E-state index contributed by atoms with van der Waals surface area (Å²) in [5.41, 5.74) is 0.793. The number of carbonyl (C=O) groups is 1. The Morgan fingerprint density at radius 3 is 2.42 bits per heavy atom. The minimum atomic E-state index is -3.73. The van der Waals surface area contributed by atoms with Crippen molar-refractivity contribution in [3.05, 3.63) is 83.2 Å². The van der Waals surface area contributed by atoms with Crippen LogP contribution in [0.4, 0.5) is 4.39 Å². The van der Waals surface area contributed by atoms with Gasteiger partial charge in [-0.2, -0.15) is 0 Å². The lowest BCUT2D eigenvalue weighted by atomic mass is 10.1. The monoisotopic (exact) mass is 390 g/mol. The fourth-order valence-electron chi connectivity index (χ4n) is 2.44. The van der Waals surface area contributed by atoms with E-state index >= 15 is 0 Å². The first-order valence-electron chi connectivity index (χ1n) is 7.69. The molecule has 2 heterocycles. The molecule has 26 heavy (non-hydrogen) atoms. The standard InChI is InChI=1S/C18H15FN2O3S2/c19-15-5-3-13(4-6-15)16(26(23,24)17-2-1-11-25-17)12-21-18(22)14-7-9-20-10-8-14/h1-11,16H,12H2,(H,21,22)/t16-/m1/s1. The molecule has 2 aromatic heterocycles. The number of benzene rings is 1. The van der Waals surface area contributed by atoms with Gasteiger partial charge < -0.3 is 5.32 Å². The average Bonchev–Trinajstić information content (AvgIpc) is 3.19. The molecule has 0 saturated carbocycles. The molecule has 0 aliphatic rings. The number of nitrogens with one attached hydrogen (secondary N) is 1. The minimum absolute atomic E-state index is 0.132. The van der Waals surface area contributed by atoms with Crippen LogP contribution in [0.2, 0.25) is 0 Å². The van der Waals surface area contributed by atoms with E-state index in [0.29, 0.717) is 11.1 Å². The maximum absolute atomic E-state index is 13.2. The first-order valence-corrected chi connectivity index (χ1v) is 10.1. The first-order chi connectivity index (χ1) is 12.5. The highest BCUT2D eigenvalue weighted by Crippen LogP contribution is 2.31. The van der Waals surface area contributed by atoms with Crippen LogP contribution in [0.5, 0.6) is 0 Å². The van der Waals surface area contributed by atoms with Crippen LogP contribution in [0.1, 0.15) is 21.2 Å². The highest BCUT2D eigenvalue weighted by atomic mass is 32.2. The Morgan fingerprint density at radius 2 is 1.81 bits per heavy atom. The third kappa shape index (κ3) is 3.97. The Bertz CT molecular complexity index is 973. The van der Waals surface area contributed by atoms with Crippen molar-refractivity contribution in [2.45, 2.75) is 9.46 Å². The second-order valence-corrected chi connectivity index (χ2v) is 8.77. The van der Waals surface area contributed by atoms with Gasteiger partial charge in [-0.05, 0) is 41.3 Å². The lowest BCUT2D eigenvalue weighted by Crippen LogP contribution is -2.31. The number of aromatic nitrogens is 1. The molecule has 5 nitrogen and oxygen atoms in total. The summed E-state index contributed by atoms with van der Waals surface area (Å²) in [6.07, 6.45) is 2.96. The van der Waals surface area contributed by atoms with Gasteiger partial charge in [0.15, 0.2) is 9.84 Å². The summed E-state index contributed by atoms with van der Waals surface area (Å²) in [4.78, 5) is 16.1. The summed E-state index contributed by atoms with van der Waals surface area (Å²) in [6.45, 7) is -0.132. The normalized spacial score (nSPS) is 12.5. The Kier molecular flexibility index (Phi) is 5.43. The highest BCUT2D eigenvalue weighted by molar-refractivity contribution is 7.93. The van der Waals surface area contributed by atoms with E-state index in [0.717, 1.165) is 11.3 Å². The quantitative estimate of drug-likeness (QED) is 0.701. The molecule has 0 unspecified atom stereocenters. The molecule has 1 atom stereocenters. The van der Waals surface area contributed by atoms with Gasteiger partial charge in [-0.1, -0.05) is 18.2 Å². The molecule has 3 aromatic rings. The maximum Gasteiger partial charge on any atom is 0.251 e. The van der Waals surface area contributed by atoms with Gasteiger partial charge in [-0.25, -0.2) is 12.8 Å². The van der Waals surface area contributed by atoms with Gasteiger partial charge in [0.05, 0.1) is 0 Å². The summed E-state index contributed by atoms with van der Waals surface area (Å²) in [5.74, 6) is -0.859. The zero-order valence-corrected chi connectivity index (χ0v) is 15.1. The molecule has 0 saturated heterocycles. The van der Waals surface area contributed by atoms with Gasteiger partial charge >= 0.3 is 0 Å². The molecule has 134 valence electrons. The van der Waals surface area contributed by atoms with E-state index in [1.54, 1.807) is 11.4 Å². The first kappa shape index (κ1) is 18.2. The number of thiophene rings is 1. The fraction of sp³-hybridized carbons (Fsp3) is 0.111. The van der Waals surface area contributed by atoms with Crippen LogP contribution in [0.15, 0.2) is 70.5 Å². The van der Waals surface area contributed by atoms with E-state index in [1.807, 2.05) is 0 Å². The Hall–Kier alpha value is -2.58. The SMILES string of the molecule is O=C(NC[C@H](c1ccc(F)cc1)S(=O)(=O)c1cccs1)c1ccncc1. The van der Waals surface area contributed by atoms with Crippen LogP contribution < -0.4 is 5.32 Å². The third-order valence-electron chi connectivity index (χ3n) is 3.78. The van der Waals surface area contributed by atoms with E-state index in [1.165, 1.54) is 54.9 Å². The van der Waals surface area contributed by atoms with Gasteiger partial charge in [-0.3, -0.25) is 9.78 Å². The van der Waals surface area contributed by atoms with Crippen molar-refractivity contribution >= 4 is 27.1 Å². The van der Waals surface area contributed by atoms with Crippen LogP contribution in [0, 0.1) is 5.82 Å². The highest BCUT2D eigenvalue weighted by Gasteiger charge is 2.30. The molecular weight excluding hydrogens is 375 g/mol. The molecule has 0 spiro atoms. The van der Waals surface area contributed by atoms with Crippen LogP contribution in [0.3, 0.4) is 0 Å². The molecule has 0 aliphatic carbocycles. The Morgan fingerprint density at radius 1 is 1.12 bits per heavy atom. The largest absolute Gasteiger partial charge is 0.350 e. The van der Waals surface area contributed by atoms with E-state index in [2.05, 4.69) is 10.3 Å². The van der Waals surface area contributed by atoms with Gasteiger partial charge in [0, 0.05) is 24.5 Å². The smallest absolute Gasteiger partial charge is 0.251 e. The van der Waals surface area contributed by atoms with E-state index < -0.39 is 26.8 Å². The van der Waals surface area contributed by atoms with Crippen molar-refractivity contribution in [3.63, 3.8) is 0 Å². The predicted octanol–water partition coefficient (Wildman–Crippen LogP) is 3.23. The molecule has 0 aliphatic heterocycles. The van der Waals surface area contributed by atoms with E-state index in [9.17, 15) is 17.6 Å². The second kappa shape index (κ2) is 7.76. The number of hydrogen-bond acceptors (Lipinski definition) is 5. The molecule has 0 fully saturated rings. The molecule has 0 radical (unpaired) electrons. The molecule has 1 amide bonds. The summed E-state index contributed by atoms with van der Waals surface area (Å²) in [6, 6.07) is 11.5. The van der Waals surface area contributed by atoms with Crippen molar-refractivity contribution in [2.75, 3.05) is 6.54 Å².